The second-order valence-corrected chi connectivity index (χ2v) is 6.84. The van der Waals surface area contributed by atoms with Crippen molar-refractivity contribution in [2.75, 3.05) is 6.54 Å². The maximum absolute atomic E-state index is 12.9. The van der Waals surface area contributed by atoms with E-state index in [-0.39, 0.29) is 17.7 Å². The van der Waals surface area contributed by atoms with Crippen LogP contribution in [0.3, 0.4) is 0 Å². The molecule has 2 fully saturated rings. The fourth-order valence-electron chi connectivity index (χ4n) is 3.68. The zero-order chi connectivity index (χ0) is 15.5. The van der Waals surface area contributed by atoms with E-state index in [0.29, 0.717) is 12.6 Å². The smallest absolute Gasteiger partial charge is 0.227 e. The second-order valence-electron chi connectivity index (χ2n) is 6.43. The van der Waals surface area contributed by atoms with Gasteiger partial charge in [-0.25, -0.2) is 0 Å². The Hall–Kier alpha value is -1.46. The number of halogens is 1. The van der Waals surface area contributed by atoms with Gasteiger partial charge in [0.2, 0.25) is 5.91 Å². The minimum absolute atomic E-state index is 0.0650. The van der Waals surface area contributed by atoms with Crippen molar-refractivity contribution < 1.29 is 4.79 Å². The molecule has 3 rings (SSSR count). The lowest BCUT2D eigenvalue weighted by Crippen LogP contribution is -2.42. The predicted molar refractivity (Wildman–Crippen MR) is 89.7 cm³/mol. The summed E-state index contributed by atoms with van der Waals surface area (Å²) in [5.74, 6) is 3.24. The van der Waals surface area contributed by atoms with Crippen LogP contribution in [0.15, 0.2) is 24.3 Å². The molecular formula is C19H22ClNO. The third-order valence-corrected chi connectivity index (χ3v) is 5.32. The summed E-state index contributed by atoms with van der Waals surface area (Å²) in [6.45, 7) is 0.440. The Morgan fingerprint density at radius 3 is 2.68 bits per heavy atom. The number of hydrogen-bond donors (Lipinski definition) is 0. The van der Waals surface area contributed by atoms with Gasteiger partial charge in [-0.2, -0.15) is 0 Å². The zero-order valence-electron chi connectivity index (χ0n) is 12.8. The fraction of sp³-hybridized carbons (Fsp3) is 0.526. The highest BCUT2D eigenvalue weighted by Crippen LogP contribution is 2.50. The molecule has 0 saturated heterocycles. The molecular weight excluding hydrogens is 294 g/mol. The standard InChI is InChI=1S/C19H22ClNO/c1-2-12-21(14-8-4-3-5-9-14)19(22)17-13-16(17)15-10-6-7-11-18(15)20/h1,6-7,10-11,14,16-17H,3-5,8-9,12-13H2. The Bertz CT molecular complexity index is 585. The van der Waals surface area contributed by atoms with Gasteiger partial charge in [-0.05, 0) is 36.8 Å². The summed E-state index contributed by atoms with van der Waals surface area (Å²) < 4.78 is 0. The maximum Gasteiger partial charge on any atom is 0.227 e. The van der Waals surface area contributed by atoms with Crippen LogP contribution in [-0.2, 0) is 4.79 Å². The molecule has 2 nitrogen and oxygen atoms in total. The van der Waals surface area contributed by atoms with Crippen LogP contribution in [0, 0.1) is 18.3 Å². The van der Waals surface area contributed by atoms with Gasteiger partial charge in [0, 0.05) is 17.0 Å². The van der Waals surface area contributed by atoms with Crippen LogP contribution in [-0.4, -0.2) is 23.4 Å². The first kappa shape index (κ1) is 15.4. The Labute approximate surface area is 137 Å². The van der Waals surface area contributed by atoms with Crippen molar-refractivity contribution in [1.29, 1.82) is 0 Å². The first-order chi connectivity index (χ1) is 10.7. The Morgan fingerprint density at radius 1 is 1.27 bits per heavy atom. The van der Waals surface area contributed by atoms with Crippen molar-refractivity contribution in [3.05, 3.63) is 34.9 Å². The average molecular weight is 316 g/mol. The van der Waals surface area contributed by atoms with Crippen LogP contribution in [0.5, 0.6) is 0 Å². The average Bonchev–Trinajstić information content (AvgIpc) is 3.34. The summed E-state index contributed by atoms with van der Waals surface area (Å²) in [4.78, 5) is 14.8. The van der Waals surface area contributed by atoms with Crippen molar-refractivity contribution in [3.8, 4) is 12.3 Å². The molecule has 2 saturated carbocycles. The van der Waals surface area contributed by atoms with Gasteiger partial charge in [-0.15, -0.1) is 6.42 Å². The van der Waals surface area contributed by atoms with Crippen LogP contribution in [0.1, 0.15) is 50.0 Å². The number of terminal acetylenes is 1. The topological polar surface area (TPSA) is 20.3 Å². The van der Waals surface area contributed by atoms with Gasteiger partial charge in [0.25, 0.3) is 0 Å². The van der Waals surface area contributed by atoms with Gasteiger partial charge in [0.15, 0.2) is 0 Å². The summed E-state index contributed by atoms with van der Waals surface area (Å²) >= 11 is 6.26. The molecule has 0 heterocycles. The van der Waals surface area contributed by atoms with Crippen LogP contribution in [0.25, 0.3) is 0 Å². The molecule has 1 amide bonds. The van der Waals surface area contributed by atoms with E-state index in [1.807, 2.05) is 29.2 Å². The molecule has 0 aliphatic heterocycles. The van der Waals surface area contributed by atoms with E-state index < -0.39 is 0 Å². The Morgan fingerprint density at radius 2 is 2.00 bits per heavy atom. The number of carbonyl (C=O) groups excluding carboxylic acids is 1. The van der Waals surface area contributed by atoms with Gasteiger partial charge in [0.1, 0.15) is 0 Å². The lowest BCUT2D eigenvalue weighted by atomic mass is 9.93. The van der Waals surface area contributed by atoms with Crippen LogP contribution < -0.4 is 0 Å². The summed E-state index contributed by atoms with van der Waals surface area (Å²) in [7, 11) is 0. The molecule has 2 aliphatic carbocycles. The first-order valence-corrected chi connectivity index (χ1v) is 8.58. The number of amides is 1. The molecule has 1 aromatic rings. The SMILES string of the molecule is C#CCN(C(=O)C1CC1c1ccccc1Cl)C1CCCCC1. The number of carbonyl (C=O) groups is 1. The van der Waals surface area contributed by atoms with E-state index in [1.165, 1.54) is 19.3 Å². The van der Waals surface area contributed by atoms with E-state index in [4.69, 9.17) is 18.0 Å². The number of nitrogens with zero attached hydrogens (tertiary/aromatic N) is 1. The highest BCUT2D eigenvalue weighted by Gasteiger charge is 2.47. The molecule has 0 radical (unpaired) electrons. The molecule has 0 bridgehead atoms. The Balaban J connectivity index is 1.70. The lowest BCUT2D eigenvalue weighted by molar-refractivity contribution is -0.134. The molecule has 3 heteroatoms. The largest absolute Gasteiger partial charge is 0.328 e. The van der Waals surface area contributed by atoms with E-state index in [1.54, 1.807) is 0 Å². The summed E-state index contributed by atoms with van der Waals surface area (Å²) in [5.41, 5.74) is 1.10. The van der Waals surface area contributed by atoms with Gasteiger partial charge >= 0.3 is 0 Å². The minimum Gasteiger partial charge on any atom is -0.328 e. The second kappa shape index (κ2) is 6.75. The zero-order valence-corrected chi connectivity index (χ0v) is 13.6. The third kappa shape index (κ3) is 3.15. The van der Waals surface area contributed by atoms with E-state index in [0.717, 1.165) is 29.8 Å². The van der Waals surface area contributed by atoms with E-state index >= 15 is 0 Å². The molecule has 2 aliphatic rings. The maximum atomic E-state index is 12.9. The lowest BCUT2D eigenvalue weighted by Gasteiger charge is -2.33. The quantitative estimate of drug-likeness (QED) is 0.761. The highest BCUT2D eigenvalue weighted by atomic mass is 35.5. The molecule has 2 unspecified atom stereocenters. The van der Waals surface area contributed by atoms with Crippen molar-refractivity contribution in [2.24, 2.45) is 5.92 Å². The number of hydrogen-bond acceptors (Lipinski definition) is 1. The van der Waals surface area contributed by atoms with Crippen molar-refractivity contribution in [2.45, 2.75) is 50.5 Å². The monoisotopic (exact) mass is 315 g/mol. The third-order valence-electron chi connectivity index (χ3n) is 4.97. The van der Waals surface area contributed by atoms with Crippen LogP contribution in [0.2, 0.25) is 5.02 Å². The van der Waals surface area contributed by atoms with Gasteiger partial charge in [-0.1, -0.05) is 55.0 Å². The van der Waals surface area contributed by atoms with Crippen LogP contribution >= 0.6 is 11.6 Å². The molecule has 1 aromatic carbocycles. The Kier molecular flexibility index (Phi) is 4.74. The number of rotatable bonds is 4. The highest BCUT2D eigenvalue weighted by molar-refractivity contribution is 6.31. The van der Waals surface area contributed by atoms with E-state index in [2.05, 4.69) is 5.92 Å². The first-order valence-electron chi connectivity index (χ1n) is 8.20. The number of benzene rings is 1. The molecule has 0 N–H and O–H groups in total. The molecule has 0 spiro atoms. The normalized spacial score (nSPS) is 24.5. The van der Waals surface area contributed by atoms with Crippen LogP contribution in [0.4, 0.5) is 0 Å². The van der Waals surface area contributed by atoms with Crippen molar-refractivity contribution in [1.82, 2.24) is 4.90 Å². The molecule has 116 valence electrons. The molecule has 2 atom stereocenters. The van der Waals surface area contributed by atoms with Crippen molar-refractivity contribution >= 4 is 17.5 Å². The molecule has 0 aromatic heterocycles. The molecule has 22 heavy (non-hydrogen) atoms. The van der Waals surface area contributed by atoms with Gasteiger partial charge in [0.05, 0.1) is 6.54 Å². The summed E-state index contributed by atoms with van der Waals surface area (Å²) in [6, 6.07) is 8.19. The summed E-state index contributed by atoms with van der Waals surface area (Å²) in [5, 5.41) is 0.768. The predicted octanol–water partition coefficient (Wildman–Crippen LogP) is 4.24. The van der Waals surface area contributed by atoms with E-state index in [9.17, 15) is 4.79 Å². The van der Waals surface area contributed by atoms with Gasteiger partial charge in [-0.3, -0.25) is 4.79 Å². The van der Waals surface area contributed by atoms with Gasteiger partial charge < -0.3 is 4.90 Å². The summed E-state index contributed by atoms with van der Waals surface area (Å²) in [6.07, 6.45) is 12.3. The van der Waals surface area contributed by atoms with Crippen molar-refractivity contribution in [3.63, 3.8) is 0 Å². The minimum atomic E-state index is 0.0650. The fourth-order valence-corrected chi connectivity index (χ4v) is 3.95.